The highest BCUT2D eigenvalue weighted by atomic mass is 79.9. The monoisotopic (exact) mass is 260 g/mol. The summed E-state index contributed by atoms with van der Waals surface area (Å²) in [4.78, 5) is 11.3. The molecule has 0 aliphatic heterocycles. The van der Waals surface area contributed by atoms with Gasteiger partial charge in [-0.15, -0.1) is 0 Å². The van der Waals surface area contributed by atoms with Crippen LogP contribution < -0.4 is 4.74 Å². The molecule has 0 fully saturated rings. The van der Waals surface area contributed by atoms with Crippen LogP contribution in [0.4, 0.5) is 4.39 Å². The normalized spacial score (nSPS) is 10.0. The summed E-state index contributed by atoms with van der Waals surface area (Å²) in [5, 5.41) is 0. The van der Waals surface area contributed by atoms with Crippen LogP contribution in [0.15, 0.2) is 16.6 Å². The minimum Gasteiger partial charge on any atom is -0.492 e. The van der Waals surface area contributed by atoms with E-state index in [1.54, 1.807) is 13.0 Å². The zero-order valence-corrected chi connectivity index (χ0v) is 9.52. The van der Waals surface area contributed by atoms with E-state index in [1.807, 2.05) is 0 Å². The van der Waals surface area contributed by atoms with Gasteiger partial charge >= 0.3 is 0 Å². The van der Waals surface area contributed by atoms with Gasteiger partial charge in [0, 0.05) is 12.0 Å². The summed E-state index contributed by atoms with van der Waals surface area (Å²) in [6.45, 7) is 1.73. The van der Waals surface area contributed by atoms with Gasteiger partial charge in [-0.2, -0.15) is 0 Å². The summed E-state index contributed by atoms with van der Waals surface area (Å²) in [7, 11) is 1.38. The fourth-order valence-electron chi connectivity index (χ4n) is 1.12. The Kier molecular flexibility index (Phi) is 3.63. The molecule has 0 saturated heterocycles. The fourth-order valence-corrected chi connectivity index (χ4v) is 1.72. The number of benzene rings is 1. The molecule has 0 aliphatic rings. The Balaban J connectivity index is 3.20. The lowest BCUT2D eigenvalue weighted by molar-refractivity contribution is 0.0987. The second-order valence-corrected chi connectivity index (χ2v) is 3.60. The van der Waals surface area contributed by atoms with Gasteiger partial charge in [0.25, 0.3) is 0 Å². The predicted molar refractivity (Wildman–Crippen MR) is 55.3 cm³/mol. The number of Topliss-reactive ketones (excluding diaryl/α,β-unsaturated/α-hetero) is 1. The van der Waals surface area contributed by atoms with Crippen LogP contribution in [0, 0.1) is 5.82 Å². The van der Waals surface area contributed by atoms with Crippen LogP contribution in [0.5, 0.6) is 5.75 Å². The molecule has 1 aromatic carbocycles. The highest BCUT2D eigenvalue weighted by molar-refractivity contribution is 9.10. The Morgan fingerprint density at radius 3 is 2.64 bits per heavy atom. The summed E-state index contributed by atoms with van der Waals surface area (Å²) in [6, 6.07) is 2.75. The standard InChI is InChI=1S/C10H10BrFO2/c1-3-9(13)6-4-7(11)10(14-2)8(12)5-6/h4-5H,3H2,1-2H3. The van der Waals surface area contributed by atoms with E-state index < -0.39 is 5.82 Å². The number of carbonyl (C=O) groups is 1. The first-order valence-electron chi connectivity index (χ1n) is 4.16. The topological polar surface area (TPSA) is 26.3 Å². The van der Waals surface area contributed by atoms with Gasteiger partial charge in [0.2, 0.25) is 0 Å². The van der Waals surface area contributed by atoms with Crippen LogP contribution in [0.3, 0.4) is 0 Å². The number of ketones is 1. The number of rotatable bonds is 3. The van der Waals surface area contributed by atoms with Crippen molar-refractivity contribution in [3.63, 3.8) is 0 Å². The van der Waals surface area contributed by atoms with Gasteiger partial charge in [-0.05, 0) is 28.1 Å². The fraction of sp³-hybridized carbons (Fsp3) is 0.300. The average molecular weight is 261 g/mol. The molecule has 0 unspecified atom stereocenters. The van der Waals surface area contributed by atoms with E-state index in [9.17, 15) is 9.18 Å². The highest BCUT2D eigenvalue weighted by Crippen LogP contribution is 2.29. The van der Waals surface area contributed by atoms with Crippen molar-refractivity contribution in [3.8, 4) is 5.75 Å². The largest absolute Gasteiger partial charge is 0.492 e. The van der Waals surface area contributed by atoms with E-state index in [1.165, 1.54) is 13.2 Å². The molecule has 0 N–H and O–H groups in total. The summed E-state index contributed by atoms with van der Waals surface area (Å²) in [6.07, 6.45) is 0.359. The van der Waals surface area contributed by atoms with E-state index in [0.29, 0.717) is 16.5 Å². The van der Waals surface area contributed by atoms with Crippen molar-refractivity contribution in [2.45, 2.75) is 13.3 Å². The first-order chi connectivity index (χ1) is 6.60. The average Bonchev–Trinajstić information content (AvgIpc) is 2.16. The minimum atomic E-state index is -0.529. The number of halogens is 2. The molecule has 2 nitrogen and oxygen atoms in total. The molecule has 0 radical (unpaired) electrons. The predicted octanol–water partition coefficient (Wildman–Crippen LogP) is 3.19. The molecule has 14 heavy (non-hydrogen) atoms. The molecule has 76 valence electrons. The van der Waals surface area contributed by atoms with Gasteiger partial charge < -0.3 is 4.74 Å². The van der Waals surface area contributed by atoms with Gasteiger partial charge in [0.1, 0.15) is 0 Å². The number of carbonyl (C=O) groups excluding carboxylic acids is 1. The lowest BCUT2D eigenvalue weighted by Gasteiger charge is -2.06. The van der Waals surface area contributed by atoms with Crippen LogP contribution in [0.2, 0.25) is 0 Å². The smallest absolute Gasteiger partial charge is 0.168 e. The number of ether oxygens (including phenoxy) is 1. The molecule has 0 aliphatic carbocycles. The number of hydrogen-bond donors (Lipinski definition) is 0. The lowest BCUT2D eigenvalue weighted by Crippen LogP contribution is -1.99. The third kappa shape index (κ3) is 2.12. The lowest BCUT2D eigenvalue weighted by atomic mass is 10.1. The molecule has 0 aromatic heterocycles. The third-order valence-electron chi connectivity index (χ3n) is 1.85. The number of hydrogen-bond acceptors (Lipinski definition) is 2. The second-order valence-electron chi connectivity index (χ2n) is 2.75. The third-order valence-corrected chi connectivity index (χ3v) is 2.43. The Bertz CT molecular complexity index is 340. The van der Waals surface area contributed by atoms with Crippen molar-refractivity contribution in [1.82, 2.24) is 0 Å². The summed E-state index contributed by atoms with van der Waals surface area (Å²) < 4.78 is 18.6. The van der Waals surface area contributed by atoms with Crippen LogP contribution in [-0.4, -0.2) is 12.9 Å². The van der Waals surface area contributed by atoms with Gasteiger partial charge in [-0.25, -0.2) is 4.39 Å². The molecule has 0 spiro atoms. The van der Waals surface area contributed by atoms with E-state index in [4.69, 9.17) is 4.74 Å². The SMILES string of the molecule is CCC(=O)c1cc(F)c(OC)c(Br)c1. The molecular formula is C10H10BrFO2. The molecule has 0 saturated carbocycles. The first kappa shape index (κ1) is 11.2. The van der Waals surface area contributed by atoms with Crippen molar-refractivity contribution < 1.29 is 13.9 Å². The van der Waals surface area contributed by atoms with Crippen molar-refractivity contribution >= 4 is 21.7 Å². The molecule has 1 aromatic rings. The van der Waals surface area contributed by atoms with Gasteiger partial charge in [0.15, 0.2) is 17.3 Å². The zero-order valence-electron chi connectivity index (χ0n) is 7.93. The minimum absolute atomic E-state index is 0.0905. The van der Waals surface area contributed by atoms with Gasteiger partial charge in [0.05, 0.1) is 11.6 Å². The van der Waals surface area contributed by atoms with Crippen molar-refractivity contribution in [2.24, 2.45) is 0 Å². The Hall–Kier alpha value is -0.900. The van der Waals surface area contributed by atoms with Crippen molar-refractivity contribution in [2.75, 3.05) is 7.11 Å². The highest BCUT2D eigenvalue weighted by Gasteiger charge is 2.12. The maximum atomic E-state index is 13.3. The molecule has 0 amide bonds. The second kappa shape index (κ2) is 4.55. The summed E-state index contributed by atoms with van der Waals surface area (Å²) in [5.41, 5.74) is 0.359. The Labute approximate surface area is 90.2 Å². The summed E-state index contributed by atoms with van der Waals surface area (Å²) >= 11 is 3.14. The van der Waals surface area contributed by atoms with Crippen molar-refractivity contribution in [3.05, 3.63) is 28.0 Å². The quantitative estimate of drug-likeness (QED) is 0.781. The zero-order chi connectivity index (χ0) is 10.7. The van der Waals surface area contributed by atoms with E-state index >= 15 is 0 Å². The molecule has 0 bridgehead atoms. The van der Waals surface area contributed by atoms with Gasteiger partial charge in [-0.1, -0.05) is 6.92 Å². The molecule has 4 heteroatoms. The van der Waals surface area contributed by atoms with Crippen LogP contribution >= 0.6 is 15.9 Å². The molecule has 0 atom stereocenters. The van der Waals surface area contributed by atoms with Gasteiger partial charge in [-0.3, -0.25) is 4.79 Å². The van der Waals surface area contributed by atoms with Crippen molar-refractivity contribution in [1.29, 1.82) is 0 Å². The number of methoxy groups -OCH3 is 1. The molecule has 1 rings (SSSR count). The maximum absolute atomic E-state index is 13.3. The van der Waals surface area contributed by atoms with E-state index in [-0.39, 0.29) is 11.5 Å². The molecule has 0 heterocycles. The van der Waals surface area contributed by atoms with Crippen LogP contribution in [0.25, 0.3) is 0 Å². The Morgan fingerprint density at radius 1 is 1.57 bits per heavy atom. The van der Waals surface area contributed by atoms with E-state index in [0.717, 1.165) is 0 Å². The van der Waals surface area contributed by atoms with Crippen LogP contribution in [0.1, 0.15) is 23.7 Å². The maximum Gasteiger partial charge on any atom is 0.168 e. The first-order valence-corrected chi connectivity index (χ1v) is 4.95. The summed E-state index contributed by atoms with van der Waals surface area (Å²) in [5.74, 6) is -0.497. The Morgan fingerprint density at radius 2 is 2.21 bits per heavy atom. The van der Waals surface area contributed by atoms with E-state index in [2.05, 4.69) is 15.9 Å². The van der Waals surface area contributed by atoms with Crippen LogP contribution in [-0.2, 0) is 0 Å². The molecular weight excluding hydrogens is 251 g/mol.